The Labute approximate surface area is 192 Å². The van der Waals surface area contributed by atoms with Gasteiger partial charge in [0.1, 0.15) is 0 Å². The predicted octanol–water partition coefficient (Wildman–Crippen LogP) is 8.17. The van der Waals surface area contributed by atoms with E-state index in [1.54, 1.807) is 23.5 Å². The number of halogens is 4. The minimum Gasteiger partial charge on any atom is -0.308 e. The summed E-state index contributed by atoms with van der Waals surface area (Å²) in [7, 11) is 0. The summed E-state index contributed by atoms with van der Waals surface area (Å²) in [6.07, 6.45) is 3.42. The van der Waals surface area contributed by atoms with Gasteiger partial charge in [0.15, 0.2) is 0 Å². The number of hydrogen-bond acceptors (Lipinski definition) is 3. The van der Waals surface area contributed by atoms with Gasteiger partial charge >= 0.3 is 12.2 Å². The summed E-state index contributed by atoms with van der Waals surface area (Å²) >= 11 is 7.36. The maximum atomic E-state index is 13.2. The molecule has 1 aliphatic rings. The van der Waals surface area contributed by atoms with Crippen molar-refractivity contribution >= 4 is 40.3 Å². The van der Waals surface area contributed by atoms with Crippen LogP contribution in [0.25, 0.3) is 10.4 Å². The van der Waals surface area contributed by atoms with Gasteiger partial charge in [-0.25, -0.2) is 9.78 Å². The van der Waals surface area contributed by atoms with Gasteiger partial charge in [0.25, 0.3) is 0 Å². The highest BCUT2D eigenvalue weighted by atomic mass is 35.5. The van der Waals surface area contributed by atoms with Crippen LogP contribution in [0.2, 0.25) is 5.02 Å². The molecule has 9 heteroatoms. The summed E-state index contributed by atoms with van der Waals surface area (Å²) in [5.41, 5.74) is 0.0729. The molecule has 168 valence electrons. The molecule has 2 amide bonds. The second kappa shape index (κ2) is 9.50. The van der Waals surface area contributed by atoms with Gasteiger partial charge < -0.3 is 10.6 Å². The van der Waals surface area contributed by atoms with Gasteiger partial charge in [-0.05, 0) is 48.7 Å². The highest BCUT2D eigenvalue weighted by Crippen LogP contribution is 2.38. The Bertz CT molecular complexity index is 1090. The third kappa shape index (κ3) is 5.42. The number of aromatic nitrogens is 1. The van der Waals surface area contributed by atoms with E-state index in [2.05, 4.69) is 15.6 Å². The van der Waals surface area contributed by atoms with Crippen molar-refractivity contribution in [3.8, 4) is 10.4 Å². The average Bonchev–Trinajstić information content (AvgIpc) is 3.26. The third-order valence-corrected chi connectivity index (χ3v) is 6.88. The Morgan fingerprint density at radius 2 is 1.75 bits per heavy atom. The van der Waals surface area contributed by atoms with Gasteiger partial charge in [-0.15, -0.1) is 11.3 Å². The van der Waals surface area contributed by atoms with Crippen LogP contribution in [-0.2, 0) is 6.18 Å². The van der Waals surface area contributed by atoms with Gasteiger partial charge in [-0.3, -0.25) is 0 Å². The Kier molecular flexibility index (Phi) is 6.71. The Morgan fingerprint density at radius 1 is 1.03 bits per heavy atom. The van der Waals surface area contributed by atoms with Gasteiger partial charge in [-0.2, -0.15) is 13.2 Å². The van der Waals surface area contributed by atoms with Crippen LogP contribution in [0, 0.1) is 0 Å². The van der Waals surface area contributed by atoms with Crippen LogP contribution < -0.4 is 10.6 Å². The Balaban J connectivity index is 1.41. The quantitative estimate of drug-likeness (QED) is 0.396. The Morgan fingerprint density at radius 3 is 2.44 bits per heavy atom. The van der Waals surface area contributed by atoms with Crippen molar-refractivity contribution in [3.05, 3.63) is 64.3 Å². The number of carbonyl (C=O) groups is 1. The van der Waals surface area contributed by atoms with E-state index in [1.807, 2.05) is 18.3 Å². The summed E-state index contributed by atoms with van der Waals surface area (Å²) in [6.45, 7) is 0. The first kappa shape index (κ1) is 22.6. The van der Waals surface area contributed by atoms with E-state index in [-0.39, 0.29) is 10.7 Å². The first-order chi connectivity index (χ1) is 15.3. The number of alkyl halides is 3. The van der Waals surface area contributed by atoms with E-state index in [1.165, 1.54) is 43.2 Å². The van der Waals surface area contributed by atoms with Crippen molar-refractivity contribution in [3.63, 3.8) is 0 Å². The molecule has 2 aromatic carbocycles. The zero-order valence-corrected chi connectivity index (χ0v) is 18.6. The molecule has 4 rings (SSSR count). The zero-order chi connectivity index (χ0) is 22.7. The van der Waals surface area contributed by atoms with E-state index in [9.17, 15) is 18.0 Å². The molecule has 0 aliphatic heterocycles. The van der Waals surface area contributed by atoms with E-state index in [4.69, 9.17) is 11.6 Å². The summed E-state index contributed by atoms with van der Waals surface area (Å²) in [4.78, 5) is 17.9. The SMILES string of the molecule is O=C(Nc1ccc(-c2cnc(C3CCCCC3)s2)cc1)Nc1ccc(Cl)cc1C(F)(F)F. The summed E-state index contributed by atoms with van der Waals surface area (Å²) < 4.78 is 39.6. The predicted molar refractivity (Wildman–Crippen MR) is 122 cm³/mol. The summed E-state index contributed by atoms with van der Waals surface area (Å²) in [6, 6.07) is 9.56. The van der Waals surface area contributed by atoms with Gasteiger partial charge in [0.05, 0.1) is 21.1 Å². The number of urea groups is 1. The van der Waals surface area contributed by atoms with Gasteiger partial charge in [0, 0.05) is 22.8 Å². The monoisotopic (exact) mass is 479 g/mol. The standard InChI is InChI=1S/C23H21ClF3N3OS/c24-16-8-11-19(18(12-16)23(25,26)27)30-22(31)29-17-9-6-14(7-10-17)20-13-28-21(32-20)15-4-2-1-3-5-15/h6-13,15H,1-5H2,(H2,29,30,31). The second-order valence-electron chi connectivity index (χ2n) is 7.74. The number of thiazole rings is 1. The molecule has 2 N–H and O–H groups in total. The molecule has 1 heterocycles. The molecule has 0 spiro atoms. The maximum absolute atomic E-state index is 13.2. The van der Waals surface area contributed by atoms with Crippen LogP contribution in [-0.4, -0.2) is 11.0 Å². The summed E-state index contributed by atoms with van der Waals surface area (Å²) in [5, 5.41) is 5.91. The lowest BCUT2D eigenvalue weighted by Gasteiger charge is -2.18. The van der Waals surface area contributed by atoms with Crippen LogP contribution in [0.1, 0.15) is 48.6 Å². The molecular formula is C23H21ClF3N3OS. The van der Waals surface area contributed by atoms with Crippen molar-refractivity contribution in [1.29, 1.82) is 0 Å². The highest BCUT2D eigenvalue weighted by Gasteiger charge is 2.34. The number of nitrogens with zero attached hydrogens (tertiary/aromatic N) is 1. The minimum absolute atomic E-state index is 0.0615. The van der Waals surface area contributed by atoms with E-state index in [0.717, 1.165) is 22.6 Å². The molecule has 1 aromatic heterocycles. The van der Waals surface area contributed by atoms with E-state index < -0.39 is 17.8 Å². The van der Waals surface area contributed by atoms with Crippen molar-refractivity contribution in [2.24, 2.45) is 0 Å². The van der Waals surface area contributed by atoms with Crippen molar-refractivity contribution in [1.82, 2.24) is 4.98 Å². The fraction of sp³-hybridized carbons (Fsp3) is 0.304. The van der Waals surface area contributed by atoms with Crippen LogP contribution in [0.4, 0.5) is 29.3 Å². The van der Waals surface area contributed by atoms with Gasteiger partial charge in [0.2, 0.25) is 0 Å². The molecule has 1 fully saturated rings. The van der Waals surface area contributed by atoms with Crippen LogP contribution >= 0.6 is 22.9 Å². The van der Waals surface area contributed by atoms with Crippen LogP contribution in [0.3, 0.4) is 0 Å². The van der Waals surface area contributed by atoms with E-state index in [0.29, 0.717) is 11.6 Å². The molecule has 0 saturated heterocycles. The molecule has 4 nitrogen and oxygen atoms in total. The highest BCUT2D eigenvalue weighted by molar-refractivity contribution is 7.15. The van der Waals surface area contributed by atoms with Gasteiger partial charge in [-0.1, -0.05) is 43.0 Å². The molecular weight excluding hydrogens is 459 g/mol. The normalized spacial score (nSPS) is 14.9. The number of rotatable bonds is 4. The van der Waals surface area contributed by atoms with Crippen LogP contribution in [0.5, 0.6) is 0 Å². The molecule has 0 radical (unpaired) electrons. The van der Waals surface area contributed by atoms with Crippen molar-refractivity contribution in [2.45, 2.75) is 44.2 Å². The zero-order valence-electron chi connectivity index (χ0n) is 17.0. The fourth-order valence-corrected chi connectivity index (χ4v) is 5.09. The molecule has 0 atom stereocenters. The third-order valence-electron chi connectivity index (χ3n) is 5.44. The lowest BCUT2D eigenvalue weighted by atomic mass is 9.90. The number of nitrogens with one attached hydrogen (secondary N) is 2. The molecule has 1 saturated carbocycles. The van der Waals surface area contributed by atoms with E-state index >= 15 is 0 Å². The number of amides is 2. The molecule has 0 bridgehead atoms. The number of carbonyl (C=O) groups excluding carboxylic acids is 1. The Hall–Kier alpha value is -2.58. The second-order valence-corrected chi connectivity index (χ2v) is 9.24. The minimum atomic E-state index is -4.64. The molecule has 0 unspecified atom stereocenters. The topological polar surface area (TPSA) is 54.0 Å². The molecule has 3 aromatic rings. The smallest absolute Gasteiger partial charge is 0.308 e. The lowest BCUT2D eigenvalue weighted by Crippen LogP contribution is -2.21. The lowest BCUT2D eigenvalue weighted by molar-refractivity contribution is -0.136. The number of benzene rings is 2. The largest absolute Gasteiger partial charge is 0.418 e. The molecule has 32 heavy (non-hydrogen) atoms. The average molecular weight is 480 g/mol. The summed E-state index contributed by atoms with van der Waals surface area (Å²) in [5.74, 6) is 0.543. The number of anilines is 2. The maximum Gasteiger partial charge on any atom is 0.418 e. The molecule has 1 aliphatic carbocycles. The fourth-order valence-electron chi connectivity index (χ4n) is 3.82. The van der Waals surface area contributed by atoms with Crippen LogP contribution in [0.15, 0.2) is 48.7 Å². The van der Waals surface area contributed by atoms with Crippen molar-refractivity contribution < 1.29 is 18.0 Å². The first-order valence-corrected chi connectivity index (χ1v) is 11.5. The van der Waals surface area contributed by atoms with Crippen molar-refractivity contribution in [2.75, 3.05) is 10.6 Å². The number of hydrogen-bond donors (Lipinski definition) is 2. The first-order valence-electron chi connectivity index (χ1n) is 10.3.